The fraction of sp³-hybridized carbons (Fsp3) is 0.167. The molecular weight excluding hydrogens is 473 g/mol. The van der Waals surface area contributed by atoms with Crippen molar-refractivity contribution in [3.05, 3.63) is 94.0 Å². The molecule has 0 aliphatic rings. The van der Waals surface area contributed by atoms with E-state index in [2.05, 4.69) is 37.0 Å². The first-order valence-electron chi connectivity index (χ1n) is 10.6. The molecule has 10 heteroatoms. The summed E-state index contributed by atoms with van der Waals surface area (Å²) >= 11 is 12.1. The van der Waals surface area contributed by atoms with Gasteiger partial charge in [0.15, 0.2) is 0 Å². The number of halogens is 2. The normalized spacial score (nSPS) is 10.7. The first-order valence-corrected chi connectivity index (χ1v) is 11.3. The second kappa shape index (κ2) is 11.0. The average molecular weight is 496 g/mol. The van der Waals surface area contributed by atoms with Crippen LogP contribution in [0, 0.1) is 6.92 Å². The maximum atomic E-state index is 12.4. The highest BCUT2D eigenvalue weighted by Crippen LogP contribution is 2.20. The molecule has 3 N–H and O–H groups in total. The smallest absolute Gasteiger partial charge is 0.239 e. The molecule has 2 aromatic carbocycles. The zero-order valence-corrected chi connectivity index (χ0v) is 19.9. The van der Waals surface area contributed by atoms with Crippen molar-refractivity contribution < 1.29 is 4.79 Å². The standard InChI is InChI=1S/C24H23Cl2N7O/c1-16-3-2-4-17(9-16)12-30-24-31-21(11-22(32-24)33-8-7-27-15-33)28-14-23(34)29-13-18-5-6-19(25)10-20(18)26/h2-11,15H,12-14H2,1H3,(H,29,34)(H2,28,30,31,32). The summed E-state index contributed by atoms with van der Waals surface area (Å²) in [6.07, 6.45) is 5.11. The molecule has 0 spiro atoms. The van der Waals surface area contributed by atoms with Crippen molar-refractivity contribution in [2.24, 2.45) is 0 Å². The SMILES string of the molecule is Cc1cccc(CNc2nc(NCC(=O)NCc3ccc(Cl)cc3Cl)cc(-n3ccnc3)n2)c1. The van der Waals surface area contributed by atoms with Crippen molar-refractivity contribution in [3.63, 3.8) is 0 Å². The fourth-order valence-electron chi connectivity index (χ4n) is 3.23. The van der Waals surface area contributed by atoms with Crippen LogP contribution in [-0.2, 0) is 17.9 Å². The van der Waals surface area contributed by atoms with Crippen LogP contribution in [0.4, 0.5) is 11.8 Å². The minimum Gasteiger partial charge on any atom is -0.361 e. The predicted octanol–water partition coefficient (Wildman–Crippen LogP) is 4.62. The molecule has 0 radical (unpaired) electrons. The summed E-state index contributed by atoms with van der Waals surface area (Å²) in [7, 11) is 0. The average Bonchev–Trinajstić information content (AvgIpc) is 3.36. The van der Waals surface area contributed by atoms with Gasteiger partial charge >= 0.3 is 0 Å². The number of nitrogens with zero attached hydrogens (tertiary/aromatic N) is 4. The van der Waals surface area contributed by atoms with Crippen LogP contribution in [0.3, 0.4) is 0 Å². The zero-order chi connectivity index (χ0) is 23.9. The van der Waals surface area contributed by atoms with Crippen molar-refractivity contribution in [1.82, 2.24) is 24.8 Å². The van der Waals surface area contributed by atoms with Gasteiger partial charge in [0.2, 0.25) is 11.9 Å². The molecule has 0 aliphatic carbocycles. The van der Waals surface area contributed by atoms with Crippen LogP contribution in [0.25, 0.3) is 5.82 Å². The zero-order valence-electron chi connectivity index (χ0n) is 18.4. The van der Waals surface area contributed by atoms with Crippen molar-refractivity contribution in [2.45, 2.75) is 20.0 Å². The van der Waals surface area contributed by atoms with E-state index in [0.29, 0.717) is 40.7 Å². The number of rotatable bonds is 9. The van der Waals surface area contributed by atoms with E-state index in [9.17, 15) is 4.79 Å². The van der Waals surface area contributed by atoms with Crippen LogP contribution in [-0.4, -0.2) is 32.0 Å². The Labute approximate surface area is 207 Å². The van der Waals surface area contributed by atoms with Gasteiger partial charge in [-0.1, -0.05) is 59.1 Å². The lowest BCUT2D eigenvalue weighted by molar-refractivity contribution is -0.119. The van der Waals surface area contributed by atoms with Gasteiger partial charge in [-0.3, -0.25) is 9.36 Å². The monoisotopic (exact) mass is 495 g/mol. The van der Waals surface area contributed by atoms with E-state index in [-0.39, 0.29) is 12.5 Å². The highest BCUT2D eigenvalue weighted by atomic mass is 35.5. The van der Waals surface area contributed by atoms with Gasteiger partial charge in [0.1, 0.15) is 18.0 Å². The Morgan fingerprint density at radius 3 is 2.68 bits per heavy atom. The van der Waals surface area contributed by atoms with Crippen molar-refractivity contribution >= 4 is 40.9 Å². The summed E-state index contributed by atoms with van der Waals surface area (Å²) < 4.78 is 1.77. The number of aromatic nitrogens is 4. The lowest BCUT2D eigenvalue weighted by atomic mass is 10.1. The summed E-state index contributed by atoms with van der Waals surface area (Å²) in [6, 6.07) is 15.1. The third-order valence-electron chi connectivity index (χ3n) is 4.94. The molecule has 2 heterocycles. The second-order valence-electron chi connectivity index (χ2n) is 7.61. The van der Waals surface area contributed by atoms with Gasteiger partial charge in [0, 0.05) is 41.6 Å². The van der Waals surface area contributed by atoms with Gasteiger partial charge in [-0.05, 0) is 30.2 Å². The van der Waals surface area contributed by atoms with E-state index >= 15 is 0 Å². The molecule has 4 aromatic rings. The van der Waals surface area contributed by atoms with Gasteiger partial charge in [-0.25, -0.2) is 4.98 Å². The summed E-state index contributed by atoms with van der Waals surface area (Å²) in [5.41, 5.74) is 3.08. The number of imidazole rings is 1. The molecule has 0 fully saturated rings. The van der Waals surface area contributed by atoms with E-state index in [1.165, 1.54) is 5.56 Å². The van der Waals surface area contributed by atoms with Crippen molar-refractivity contribution in [3.8, 4) is 5.82 Å². The Kier molecular flexibility index (Phi) is 7.61. The lowest BCUT2D eigenvalue weighted by Crippen LogP contribution is -2.29. The first-order chi connectivity index (χ1) is 16.5. The lowest BCUT2D eigenvalue weighted by Gasteiger charge is -2.12. The summed E-state index contributed by atoms with van der Waals surface area (Å²) in [5.74, 6) is 1.35. The Balaban J connectivity index is 1.42. The van der Waals surface area contributed by atoms with Crippen LogP contribution in [0.15, 0.2) is 67.3 Å². The second-order valence-corrected chi connectivity index (χ2v) is 8.46. The molecule has 0 unspecified atom stereocenters. The number of aryl methyl sites for hydroxylation is 1. The Hall–Kier alpha value is -3.62. The summed E-state index contributed by atoms with van der Waals surface area (Å²) in [5, 5.41) is 10.2. The molecule has 8 nitrogen and oxygen atoms in total. The number of benzene rings is 2. The van der Waals surface area contributed by atoms with E-state index in [4.69, 9.17) is 23.2 Å². The van der Waals surface area contributed by atoms with Crippen LogP contribution in [0.2, 0.25) is 10.0 Å². The van der Waals surface area contributed by atoms with Gasteiger partial charge in [0.25, 0.3) is 0 Å². The van der Waals surface area contributed by atoms with Crippen LogP contribution >= 0.6 is 23.2 Å². The van der Waals surface area contributed by atoms with E-state index in [1.807, 2.05) is 25.1 Å². The molecule has 4 rings (SSSR count). The van der Waals surface area contributed by atoms with E-state index in [0.717, 1.165) is 11.1 Å². The van der Waals surface area contributed by atoms with E-state index < -0.39 is 0 Å². The minimum absolute atomic E-state index is 0.0307. The molecular formula is C24H23Cl2N7O. The highest BCUT2D eigenvalue weighted by molar-refractivity contribution is 6.35. The number of carbonyl (C=O) groups is 1. The van der Waals surface area contributed by atoms with Crippen molar-refractivity contribution in [1.29, 1.82) is 0 Å². The largest absolute Gasteiger partial charge is 0.361 e. The van der Waals surface area contributed by atoms with Crippen LogP contribution in [0.1, 0.15) is 16.7 Å². The Morgan fingerprint density at radius 1 is 1.03 bits per heavy atom. The summed E-state index contributed by atoms with van der Waals surface area (Å²) in [6.45, 7) is 2.94. The molecule has 34 heavy (non-hydrogen) atoms. The number of anilines is 2. The summed E-state index contributed by atoms with van der Waals surface area (Å²) in [4.78, 5) is 25.6. The molecule has 0 bridgehead atoms. The Morgan fingerprint density at radius 2 is 1.91 bits per heavy atom. The molecule has 0 atom stereocenters. The number of hydrogen-bond donors (Lipinski definition) is 3. The number of amides is 1. The van der Waals surface area contributed by atoms with Gasteiger partial charge in [-0.15, -0.1) is 0 Å². The molecule has 0 aliphatic heterocycles. The molecule has 1 amide bonds. The molecule has 0 saturated carbocycles. The molecule has 174 valence electrons. The Bertz CT molecular complexity index is 1280. The molecule has 2 aromatic heterocycles. The number of nitrogens with one attached hydrogen (secondary N) is 3. The third-order valence-corrected chi connectivity index (χ3v) is 5.52. The topological polar surface area (TPSA) is 96.8 Å². The van der Waals surface area contributed by atoms with Crippen molar-refractivity contribution in [2.75, 3.05) is 17.2 Å². The van der Waals surface area contributed by atoms with Crippen LogP contribution < -0.4 is 16.0 Å². The highest BCUT2D eigenvalue weighted by Gasteiger charge is 2.09. The quantitative estimate of drug-likeness (QED) is 0.313. The third kappa shape index (κ3) is 6.46. The molecule has 0 saturated heterocycles. The predicted molar refractivity (Wildman–Crippen MR) is 134 cm³/mol. The van der Waals surface area contributed by atoms with Gasteiger partial charge in [0.05, 0.1) is 6.54 Å². The maximum Gasteiger partial charge on any atom is 0.239 e. The maximum absolute atomic E-state index is 12.4. The number of hydrogen-bond acceptors (Lipinski definition) is 6. The number of carbonyl (C=O) groups excluding carboxylic acids is 1. The van der Waals surface area contributed by atoms with E-state index in [1.54, 1.807) is 47.6 Å². The first kappa shape index (κ1) is 23.5. The minimum atomic E-state index is -0.205. The van der Waals surface area contributed by atoms with Gasteiger partial charge in [-0.2, -0.15) is 9.97 Å². The van der Waals surface area contributed by atoms with Gasteiger partial charge < -0.3 is 16.0 Å². The van der Waals surface area contributed by atoms with Crippen LogP contribution in [0.5, 0.6) is 0 Å². The fourth-order valence-corrected chi connectivity index (χ4v) is 3.70.